The zero-order valence-electron chi connectivity index (χ0n) is 6.02. The topological polar surface area (TPSA) is 20.3 Å². The lowest BCUT2D eigenvalue weighted by Gasteiger charge is -2.38. The average Bonchev–Trinajstić information content (AvgIpc) is 2.61. The Morgan fingerprint density at radius 1 is 1.36 bits per heavy atom. The van der Waals surface area contributed by atoms with Crippen LogP contribution in [-0.2, 0) is 4.79 Å². The summed E-state index contributed by atoms with van der Waals surface area (Å²) in [7, 11) is 0. The van der Waals surface area contributed by atoms with Crippen LogP contribution < -0.4 is 0 Å². The van der Waals surface area contributed by atoms with Gasteiger partial charge in [0.15, 0.2) is 0 Å². The molecule has 1 amide bonds. The van der Waals surface area contributed by atoms with Crippen LogP contribution in [0, 0.1) is 5.92 Å². The largest absolute Gasteiger partial charge is 0.330 e. The van der Waals surface area contributed by atoms with Crippen molar-refractivity contribution in [3.63, 3.8) is 0 Å². The molecule has 1 saturated heterocycles. The van der Waals surface area contributed by atoms with Gasteiger partial charge in [-0.3, -0.25) is 4.79 Å². The maximum Gasteiger partial charge on any atom is 0.282 e. The second-order valence-electron chi connectivity index (χ2n) is 3.32. The molecule has 2 fully saturated rings. The van der Waals surface area contributed by atoms with E-state index >= 15 is 0 Å². The summed E-state index contributed by atoms with van der Waals surface area (Å²) in [6.07, 6.45) is 1.78. The Morgan fingerprint density at radius 3 is 2.27 bits per heavy atom. The van der Waals surface area contributed by atoms with E-state index in [2.05, 4.69) is 0 Å². The zero-order valence-corrected chi connectivity index (χ0v) is 6.02. The van der Waals surface area contributed by atoms with Crippen LogP contribution in [0.1, 0.15) is 12.8 Å². The van der Waals surface area contributed by atoms with Crippen molar-refractivity contribution in [2.75, 3.05) is 13.1 Å². The number of amides is 1. The van der Waals surface area contributed by atoms with E-state index in [9.17, 15) is 13.6 Å². The van der Waals surface area contributed by atoms with Crippen molar-refractivity contribution in [1.82, 2.24) is 4.90 Å². The van der Waals surface area contributed by atoms with Gasteiger partial charge in [0.1, 0.15) is 0 Å². The van der Waals surface area contributed by atoms with Crippen molar-refractivity contribution in [3.05, 3.63) is 0 Å². The van der Waals surface area contributed by atoms with Gasteiger partial charge in [0.25, 0.3) is 5.92 Å². The number of hydrogen-bond acceptors (Lipinski definition) is 1. The standard InChI is InChI=1S/C7H9F2NO/c8-7(9)3-10(4-7)6(11)5-1-2-5/h5H,1-4H2. The molecule has 0 atom stereocenters. The van der Waals surface area contributed by atoms with Gasteiger partial charge in [-0.05, 0) is 12.8 Å². The Bertz CT molecular complexity index is 193. The number of likely N-dealkylation sites (tertiary alicyclic amines) is 1. The minimum atomic E-state index is -2.61. The molecule has 0 bridgehead atoms. The zero-order chi connectivity index (χ0) is 8.06. The van der Waals surface area contributed by atoms with Crippen LogP contribution in [0.25, 0.3) is 0 Å². The normalized spacial score (nSPS) is 28.0. The first kappa shape index (κ1) is 7.00. The van der Waals surface area contributed by atoms with E-state index in [1.165, 1.54) is 4.90 Å². The lowest BCUT2D eigenvalue weighted by Crippen LogP contribution is -2.58. The first-order valence-electron chi connectivity index (χ1n) is 3.75. The molecule has 2 aliphatic rings. The van der Waals surface area contributed by atoms with Gasteiger partial charge in [0.05, 0.1) is 13.1 Å². The van der Waals surface area contributed by atoms with Gasteiger partial charge in [-0.2, -0.15) is 0 Å². The molecule has 62 valence electrons. The SMILES string of the molecule is O=C(C1CC1)N1CC(F)(F)C1. The smallest absolute Gasteiger partial charge is 0.282 e. The summed E-state index contributed by atoms with van der Waals surface area (Å²) >= 11 is 0. The molecule has 0 radical (unpaired) electrons. The fourth-order valence-electron chi connectivity index (χ4n) is 1.26. The number of carbonyl (C=O) groups excluding carboxylic acids is 1. The predicted molar refractivity (Wildman–Crippen MR) is 34.3 cm³/mol. The van der Waals surface area contributed by atoms with Crippen molar-refractivity contribution in [3.8, 4) is 0 Å². The summed E-state index contributed by atoms with van der Waals surface area (Å²) in [5, 5.41) is 0. The first-order valence-corrected chi connectivity index (χ1v) is 3.75. The second-order valence-corrected chi connectivity index (χ2v) is 3.32. The maximum absolute atomic E-state index is 12.2. The third kappa shape index (κ3) is 1.21. The molecule has 0 aromatic heterocycles. The molecular formula is C7H9F2NO. The summed E-state index contributed by atoms with van der Waals surface area (Å²) in [4.78, 5) is 12.3. The molecule has 11 heavy (non-hydrogen) atoms. The number of nitrogens with zero attached hydrogens (tertiary/aromatic N) is 1. The molecule has 0 unspecified atom stereocenters. The van der Waals surface area contributed by atoms with Crippen LogP contribution in [0.15, 0.2) is 0 Å². The Kier molecular flexibility index (Phi) is 1.23. The quantitative estimate of drug-likeness (QED) is 0.559. The van der Waals surface area contributed by atoms with Gasteiger partial charge in [-0.1, -0.05) is 0 Å². The van der Waals surface area contributed by atoms with E-state index in [1.54, 1.807) is 0 Å². The van der Waals surface area contributed by atoms with Crippen molar-refractivity contribution in [1.29, 1.82) is 0 Å². The summed E-state index contributed by atoms with van der Waals surface area (Å²) in [6, 6.07) is 0. The second kappa shape index (κ2) is 1.93. The van der Waals surface area contributed by atoms with Gasteiger partial charge in [-0.15, -0.1) is 0 Å². The molecule has 1 aliphatic heterocycles. The molecular weight excluding hydrogens is 152 g/mol. The minimum Gasteiger partial charge on any atom is -0.330 e. The van der Waals surface area contributed by atoms with Gasteiger partial charge in [-0.25, -0.2) is 8.78 Å². The van der Waals surface area contributed by atoms with E-state index in [0.717, 1.165) is 12.8 Å². The third-order valence-corrected chi connectivity index (χ3v) is 2.08. The molecule has 0 N–H and O–H groups in total. The monoisotopic (exact) mass is 161 g/mol. The predicted octanol–water partition coefficient (Wildman–Crippen LogP) is 0.874. The number of carbonyl (C=O) groups is 1. The van der Waals surface area contributed by atoms with Gasteiger partial charge < -0.3 is 4.90 Å². The highest BCUT2D eigenvalue weighted by atomic mass is 19.3. The number of halogens is 2. The summed E-state index contributed by atoms with van der Waals surface area (Å²) in [5.74, 6) is -2.60. The van der Waals surface area contributed by atoms with Gasteiger partial charge >= 0.3 is 0 Å². The van der Waals surface area contributed by atoms with Gasteiger partial charge in [0.2, 0.25) is 5.91 Å². The van der Waals surface area contributed by atoms with Crippen molar-refractivity contribution in [2.45, 2.75) is 18.8 Å². The highest BCUT2D eigenvalue weighted by Crippen LogP contribution is 2.35. The molecule has 1 aliphatic carbocycles. The Hall–Kier alpha value is -0.670. The van der Waals surface area contributed by atoms with E-state index < -0.39 is 5.92 Å². The van der Waals surface area contributed by atoms with E-state index in [4.69, 9.17) is 0 Å². The average molecular weight is 161 g/mol. The minimum absolute atomic E-state index is 0.0732. The van der Waals surface area contributed by atoms with Crippen LogP contribution in [0.5, 0.6) is 0 Å². The number of alkyl halides is 2. The summed E-state index contributed by atoms with van der Waals surface area (Å²) < 4.78 is 24.5. The van der Waals surface area contributed by atoms with E-state index in [1.807, 2.05) is 0 Å². The fraction of sp³-hybridized carbons (Fsp3) is 0.857. The molecule has 0 spiro atoms. The van der Waals surface area contributed by atoms with E-state index in [0.29, 0.717) is 0 Å². The Balaban J connectivity index is 1.85. The fourth-order valence-corrected chi connectivity index (χ4v) is 1.26. The van der Waals surface area contributed by atoms with Crippen molar-refractivity contribution in [2.24, 2.45) is 5.92 Å². The molecule has 1 saturated carbocycles. The van der Waals surface area contributed by atoms with E-state index in [-0.39, 0.29) is 24.9 Å². The Morgan fingerprint density at radius 2 is 1.91 bits per heavy atom. The lowest BCUT2D eigenvalue weighted by molar-refractivity contribution is -0.166. The summed E-state index contributed by atoms with van der Waals surface area (Å²) in [6.45, 7) is -0.718. The van der Waals surface area contributed by atoms with Crippen LogP contribution in [-0.4, -0.2) is 29.8 Å². The van der Waals surface area contributed by atoms with Gasteiger partial charge in [0, 0.05) is 5.92 Å². The first-order chi connectivity index (χ1) is 5.08. The van der Waals surface area contributed by atoms with Crippen molar-refractivity contribution >= 4 is 5.91 Å². The lowest BCUT2D eigenvalue weighted by atomic mass is 10.1. The van der Waals surface area contributed by atoms with Crippen LogP contribution in [0.2, 0.25) is 0 Å². The van der Waals surface area contributed by atoms with Crippen molar-refractivity contribution < 1.29 is 13.6 Å². The number of rotatable bonds is 1. The molecule has 0 aromatic carbocycles. The number of hydrogen-bond donors (Lipinski definition) is 0. The molecule has 4 heteroatoms. The third-order valence-electron chi connectivity index (χ3n) is 2.08. The van der Waals surface area contributed by atoms with Crippen LogP contribution >= 0.6 is 0 Å². The molecule has 2 rings (SSSR count). The molecule has 2 nitrogen and oxygen atoms in total. The van der Waals surface area contributed by atoms with Crippen LogP contribution in [0.4, 0.5) is 8.78 Å². The Labute approximate surface area is 63.2 Å². The summed E-state index contributed by atoms with van der Waals surface area (Å²) in [5.41, 5.74) is 0. The molecule has 1 heterocycles. The molecule has 0 aromatic rings. The van der Waals surface area contributed by atoms with Crippen LogP contribution in [0.3, 0.4) is 0 Å². The maximum atomic E-state index is 12.2. The highest BCUT2D eigenvalue weighted by molar-refractivity contribution is 5.82. The highest BCUT2D eigenvalue weighted by Gasteiger charge is 2.49.